The molecule has 2 aromatic carbocycles. The topological polar surface area (TPSA) is 72.5 Å². The number of nitriles is 2. The van der Waals surface area contributed by atoms with E-state index in [1.807, 2.05) is 42.7 Å². The van der Waals surface area contributed by atoms with Gasteiger partial charge < -0.3 is 5.32 Å². The molecule has 0 aliphatic heterocycles. The van der Waals surface area contributed by atoms with Crippen molar-refractivity contribution in [3.05, 3.63) is 59.7 Å². The van der Waals surface area contributed by atoms with Crippen LogP contribution in [0.3, 0.4) is 0 Å². The van der Waals surface area contributed by atoms with Crippen molar-refractivity contribution < 1.29 is 0 Å². The van der Waals surface area contributed by atoms with Crippen LogP contribution in [0.5, 0.6) is 0 Å². The summed E-state index contributed by atoms with van der Waals surface area (Å²) in [6.07, 6.45) is 1.91. The minimum Gasteiger partial charge on any atom is -0.354 e. The zero-order chi connectivity index (χ0) is 16.2. The summed E-state index contributed by atoms with van der Waals surface area (Å²) in [6.45, 7) is 0. The van der Waals surface area contributed by atoms with Crippen LogP contribution >= 0.6 is 11.8 Å². The maximum absolute atomic E-state index is 9.56. The van der Waals surface area contributed by atoms with Gasteiger partial charge in [0.15, 0.2) is 0 Å². The summed E-state index contributed by atoms with van der Waals surface area (Å²) in [5.41, 5.74) is 3.53. The second-order valence-electron chi connectivity index (χ2n) is 4.81. The number of rotatable bonds is 3. The van der Waals surface area contributed by atoms with Crippen LogP contribution in [0.4, 0.5) is 11.4 Å². The van der Waals surface area contributed by atoms with Gasteiger partial charge in [0.25, 0.3) is 0 Å². The average molecular weight is 316 g/mol. The number of fused-ring (bicyclic) bond motifs is 1. The number of pyridine rings is 1. The van der Waals surface area contributed by atoms with E-state index in [-0.39, 0.29) is 0 Å². The van der Waals surface area contributed by atoms with Gasteiger partial charge in [-0.15, -0.1) is 11.8 Å². The molecule has 1 N–H and O–H groups in total. The fourth-order valence-corrected chi connectivity index (χ4v) is 2.88. The third-order valence-corrected chi connectivity index (χ3v) is 4.13. The van der Waals surface area contributed by atoms with E-state index in [2.05, 4.69) is 22.4 Å². The molecular weight excluding hydrogens is 304 g/mol. The van der Waals surface area contributed by atoms with Crippen LogP contribution in [0.25, 0.3) is 10.9 Å². The monoisotopic (exact) mass is 316 g/mol. The lowest BCUT2D eigenvalue weighted by Crippen LogP contribution is -1.99. The number of hydrogen-bond donors (Lipinski definition) is 1. The molecule has 0 unspecified atom stereocenters. The highest BCUT2D eigenvalue weighted by atomic mass is 32.2. The van der Waals surface area contributed by atoms with Crippen LogP contribution in [0.2, 0.25) is 0 Å². The van der Waals surface area contributed by atoms with Crippen LogP contribution in [-0.4, -0.2) is 11.2 Å². The number of thioether (sulfide) groups is 1. The Balaban J connectivity index is 2.18. The molecule has 0 atom stereocenters. The maximum Gasteiger partial charge on any atom is 0.116 e. The molecule has 0 spiro atoms. The molecule has 5 heteroatoms. The largest absolute Gasteiger partial charge is 0.354 e. The third kappa shape index (κ3) is 2.83. The van der Waals surface area contributed by atoms with E-state index in [1.54, 1.807) is 12.1 Å². The van der Waals surface area contributed by atoms with Crippen molar-refractivity contribution in [3.63, 3.8) is 0 Å². The van der Waals surface area contributed by atoms with Crippen molar-refractivity contribution in [2.24, 2.45) is 0 Å². The van der Waals surface area contributed by atoms with Gasteiger partial charge >= 0.3 is 0 Å². The summed E-state index contributed by atoms with van der Waals surface area (Å²) in [4.78, 5) is 4.55. The Morgan fingerprint density at radius 2 is 1.74 bits per heavy atom. The normalized spacial score (nSPS) is 10.0. The molecule has 0 aliphatic rings. The Morgan fingerprint density at radius 3 is 2.39 bits per heavy atom. The van der Waals surface area contributed by atoms with E-state index in [1.165, 1.54) is 11.8 Å². The predicted octanol–water partition coefficient (Wildman–Crippen LogP) is 4.44. The van der Waals surface area contributed by atoms with Crippen LogP contribution in [0.1, 0.15) is 11.1 Å². The number of benzene rings is 2. The molecule has 0 aliphatic carbocycles. The molecule has 3 aromatic rings. The van der Waals surface area contributed by atoms with E-state index >= 15 is 0 Å². The Labute approximate surface area is 138 Å². The van der Waals surface area contributed by atoms with Crippen molar-refractivity contribution in [2.45, 2.75) is 5.03 Å². The summed E-state index contributed by atoms with van der Waals surface area (Å²) in [5, 5.41) is 23.3. The molecule has 0 fully saturated rings. The van der Waals surface area contributed by atoms with Gasteiger partial charge in [0, 0.05) is 11.1 Å². The van der Waals surface area contributed by atoms with Crippen LogP contribution in [-0.2, 0) is 0 Å². The van der Waals surface area contributed by atoms with E-state index < -0.39 is 0 Å². The molecule has 110 valence electrons. The third-order valence-electron chi connectivity index (χ3n) is 3.45. The highest BCUT2D eigenvalue weighted by Crippen LogP contribution is 2.34. The molecule has 0 saturated carbocycles. The van der Waals surface area contributed by atoms with Gasteiger partial charge in [-0.1, -0.05) is 18.2 Å². The Morgan fingerprint density at radius 1 is 1.00 bits per heavy atom. The summed E-state index contributed by atoms with van der Waals surface area (Å²) in [6, 6.07) is 19.2. The summed E-state index contributed by atoms with van der Waals surface area (Å²) in [5.74, 6) is 0. The molecule has 0 bridgehead atoms. The quantitative estimate of drug-likeness (QED) is 0.723. The van der Waals surface area contributed by atoms with Crippen molar-refractivity contribution in [1.29, 1.82) is 10.5 Å². The predicted molar refractivity (Wildman–Crippen MR) is 92.7 cm³/mol. The number of para-hydroxylation sites is 1. The van der Waals surface area contributed by atoms with Crippen molar-refractivity contribution in [2.75, 3.05) is 11.6 Å². The van der Waals surface area contributed by atoms with Crippen LogP contribution < -0.4 is 5.32 Å². The van der Waals surface area contributed by atoms with Gasteiger partial charge in [-0.05, 0) is 36.6 Å². The van der Waals surface area contributed by atoms with Gasteiger partial charge in [-0.25, -0.2) is 4.98 Å². The molecule has 0 saturated heterocycles. The van der Waals surface area contributed by atoms with E-state index in [9.17, 15) is 5.26 Å². The number of nitrogens with one attached hydrogen (secondary N) is 1. The van der Waals surface area contributed by atoms with E-state index in [0.29, 0.717) is 16.2 Å². The molecule has 23 heavy (non-hydrogen) atoms. The van der Waals surface area contributed by atoms with Crippen molar-refractivity contribution >= 4 is 34.0 Å². The van der Waals surface area contributed by atoms with Gasteiger partial charge in [0.05, 0.1) is 22.8 Å². The molecule has 3 rings (SSSR count). The lowest BCUT2D eigenvalue weighted by molar-refractivity contribution is 1.17. The first-order valence-electron chi connectivity index (χ1n) is 6.91. The molecule has 1 aromatic heterocycles. The molecule has 0 amide bonds. The van der Waals surface area contributed by atoms with Crippen molar-refractivity contribution in [1.82, 2.24) is 4.98 Å². The lowest BCUT2D eigenvalue weighted by Gasteiger charge is -2.14. The second kappa shape index (κ2) is 6.39. The molecule has 1 heterocycles. The lowest BCUT2D eigenvalue weighted by atomic mass is 10.1. The first kappa shape index (κ1) is 14.9. The SMILES string of the molecule is CSc1nc2ccccc2c(Nc2ccc(C#N)cc2)c1C#N. The summed E-state index contributed by atoms with van der Waals surface area (Å²) >= 11 is 1.45. The fourth-order valence-electron chi connectivity index (χ4n) is 2.34. The maximum atomic E-state index is 9.56. The first-order chi connectivity index (χ1) is 11.3. The summed E-state index contributed by atoms with van der Waals surface area (Å²) in [7, 11) is 0. The zero-order valence-electron chi connectivity index (χ0n) is 12.4. The zero-order valence-corrected chi connectivity index (χ0v) is 13.2. The van der Waals surface area contributed by atoms with E-state index in [0.717, 1.165) is 22.3 Å². The minimum atomic E-state index is 0.528. The number of hydrogen-bond acceptors (Lipinski definition) is 5. The standard InChI is InChI=1S/C18H12N4S/c1-23-18-15(11-20)17(14-4-2-3-5-16(14)22-18)21-13-8-6-12(10-19)7-9-13/h2-9H,1H3,(H,21,22). The van der Waals surface area contributed by atoms with Gasteiger partial charge in [0.1, 0.15) is 16.7 Å². The minimum absolute atomic E-state index is 0.528. The Kier molecular flexibility index (Phi) is 4.14. The average Bonchev–Trinajstić information content (AvgIpc) is 2.62. The van der Waals surface area contributed by atoms with Gasteiger partial charge in [-0.2, -0.15) is 10.5 Å². The van der Waals surface area contributed by atoms with Crippen LogP contribution in [0.15, 0.2) is 53.6 Å². The van der Waals surface area contributed by atoms with Crippen LogP contribution in [0, 0.1) is 22.7 Å². The first-order valence-corrected chi connectivity index (χ1v) is 8.13. The van der Waals surface area contributed by atoms with E-state index in [4.69, 9.17) is 5.26 Å². The molecule has 4 nitrogen and oxygen atoms in total. The number of anilines is 2. The summed E-state index contributed by atoms with van der Waals surface area (Å²) < 4.78 is 0. The van der Waals surface area contributed by atoms with Gasteiger partial charge in [-0.3, -0.25) is 0 Å². The van der Waals surface area contributed by atoms with Crippen molar-refractivity contribution in [3.8, 4) is 12.1 Å². The fraction of sp³-hybridized carbons (Fsp3) is 0.0556. The Bertz CT molecular complexity index is 950. The molecular formula is C18H12N4S. The Hall–Kier alpha value is -3.02. The molecule has 0 radical (unpaired) electrons. The smallest absolute Gasteiger partial charge is 0.116 e. The number of nitrogens with zero attached hydrogens (tertiary/aromatic N) is 3. The second-order valence-corrected chi connectivity index (χ2v) is 5.61. The highest BCUT2D eigenvalue weighted by molar-refractivity contribution is 7.98. The number of aromatic nitrogens is 1. The highest BCUT2D eigenvalue weighted by Gasteiger charge is 2.14. The van der Waals surface area contributed by atoms with Gasteiger partial charge in [0.2, 0.25) is 0 Å².